The van der Waals surface area contributed by atoms with Crippen LogP contribution in [0.5, 0.6) is 6.08 Å². The lowest BCUT2D eigenvalue weighted by molar-refractivity contribution is 0.224. The minimum Gasteiger partial charge on any atom is -0.443 e. The minimum atomic E-state index is 0.157. The Labute approximate surface area is 161 Å². The van der Waals surface area contributed by atoms with Crippen LogP contribution in [0.3, 0.4) is 0 Å². The zero-order chi connectivity index (χ0) is 18.6. The van der Waals surface area contributed by atoms with Crippen LogP contribution in [0.2, 0.25) is 0 Å². The predicted molar refractivity (Wildman–Crippen MR) is 106 cm³/mol. The second-order valence-corrected chi connectivity index (χ2v) is 7.55. The van der Waals surface area contributed by atoms with Crippen molar-refractivity contribution in [3.8, 4) is 28.1 Å². The highest BCUT2D eigenvalue weighted by Crippen LogP contribution is 2.28. The predicted octanol–water partition coefficient (Wildman–Crippen LogP) is 5.56. The van der Waals surface area contributed by atoms with Crippen molar-refractivity contribution in [3.63, 3.8) is 0 Å². The molecule has 0 saturated carbocycles. The van der Waals surface area contributed by atoms with Gasteiger partial charge in [-0.15, -0.1) is 16.4 Å². The van der Waals surface area contributed by atoms with Gasteiger partial charge >= 0.3 is 6.08 Å². The summed E-state index contributed by atoms with van der Waals surface area (Å²) in [4.78, 5) is 5.50. The first-order chi connectivity index (χ1) is 13.2. The molecule has 136 valence electrons. The van der Waals surface area contributed by atoms with Crippen molar-refractivity contribution in [2.75, 3.05) is 0 Å². The molecule has 4 aromatic rings. The van der Waals surface area contributed by atoms with E-state index in [9.17, 15) is 0 Å². The lowest BCUT2D eigenvalue weighted by Crippen LogP contribution is -1.92. The molecule has 2 aromatic heterocycles. The number of rotatable bonds is 6. The van der Waals surface area contributed by atoms with Gasteiger partial charge in [-0.05, 0) is 23.6 Å². The fraction of sp³-hybridized carbons (Fsp3) is 0.190. The summed E-state index contributed by atoms with van der Waals surface area (Å²) >= 11 is 1.60. The average Bonchev–Trinajstić information content (AvgIpc) is 3.37. The molecule has 0 aliphatic rings. The summed E-state index contributed by atoms with van der Waals surface area (Å²) in [6.07, 6.45) is 1.98. The third-order valence-corrected chi connectivity index (χ3v) is 5.16. The van der Waals surface area contributed by atoms with Crippen LogP contribution < -0.4 is 4.74 Å². The molecule has 0 aliphatic carbocycles. The van der Waals surface area contributed by atoms with Gasteiger partial charge in [-0.2, -0.15) is 0 Å². The van der Waals surface area contributed by atoms with Crippen molar-refractivity contribution in [1.82, 2.24) is 15.2 Å². The van der Waals surface area contributed by atoms with Crippen LogP contribution in [0.25, 0.3) is 22.0 Å². The van der Waals surface area contributed by atoms with E-state index in [1.807, 2.05) is 36.5 Å². The van der Waals surface area contributed by atoms with Gasteiger partial charge in [0.25, 0.3) is 5.89 Å². The van der Waals surface area contributed by atoms with Crippen LogP contribution in [0.1, 0.15) is 30.2 Å². The first kappa shape index (κ1) is 17.4. The summed E-state index contributed by atoms with van der Waals surface area (Å²) in [5.41, 5.74) is 3.30. The fourth-order valence-electron chi connectivity index (χ4n) is 2.62. The lowest BCUT2D eigenvalue weighted by atomic mass is 10.0. The van der Waals surface area contributed by atoms with Crippen molar-refractivity contribution in [2.45, 2.75) is 26.4 Å². The highest BCUT2D eigenvalue weighted by atomic mass is 32.1. The Kier molecular flexibility index (Phi) is 4.98. The van der Waals surface area contributed by atoms with Gasteiger partial charge in [0.2, 0.25) is 0 Å². The Morgan fingerprint density at radius 2 is 1.74 bits per heavy atom. The van der Waals surface area contributed by atoms with E-state index in [0.717, 1.165) is 21.0 Å². The number of hydrogen-bond donors (Lipinski definition) is 0. The molecule has 27 heavy (non-hydrogen) atoms. The van der Waals surface area contributed by atoms with Crippen molar-refractivity contribution < 1.29 is 9.15 Å². The molecule has 6 heteroatoms. The number of benzene rings is 2. The molecule has 0 unspecified atom stereocenters. The number of ether oxygens (including phenoxy) is 1. The second kappa shape index (κ2) is 7.72. The molecule has 2 aromatic carbocycles. The van der Waals surface area contributed by atoms with E-state index in [4.69, 9.17) is 9.15 Å². The molecule has 0 spiro atoms. The summed E-state index contributed by atoms with van der Waals surface area (Å²) < 4.78 is 11.2. The Bertz CT molecular complexity index is 1010. The topological polar surface area (TPSA) is 61.0 Å². The fourth-order valence-corrected chi connectivity index (χ4v) is 3.45. The molecule has 0 radical (unpaired) electrons. The molecule has 0 atom stereocenters. The molecule has 0 fully saturated rings. The molecular weight excluding hydrogens is 358 g/mol. The standard InChI is InChI=1S/C21H19N3O2S/c1-14(2)15-8-10-17(11-9-15)20-22-12-18(27-20)13-25-21-24-23-19(26-21)16-6-4-3-5-7-16/h3-12,14H,13H2,1-2H3. The molecule has 2 heterocycles. The number of hydrogen-bond acceptors (Lipinski definition) is 6. The maximum absolute atomic E-state index is 5.62. The van der Waals surface area contributed by atoms with Gasteiger partial charge in [0, 0.05) is 17.3 Å². The van der Waals surface area contributed by atoms with Crippen LogP contribution in [0, 0.1) is 0 Å². The highest BCUT2D eigenvalue weighted by Gasteiger charge is 2.11. The van der Waals surface area contributed by atoms with E-state index >= 15 is 0 Å². The van der Waals surface area contributed by atoms with E-state index in [1.165, 1.54) is 5.56 Å². The van der Waals surface area contributed by atoms with E-state index in [-0.39, 0.29) is 6.08 Å². The minimum absolute atomic E-state index is 0.157. The SMILES string of the molecule is CC(C)c1ccc(-c2ncc(COc3nnc(-c4ccccc4)o3)s2)cc1. The van der Waals surface area contributed by atoms with Crippen molar-refractivity contribution in [1.29, 1.82) is 0 Å². The Morgan fingerprint density at radius 3 is 2.48 bits per heavy atom. The van der Waals surface area contributed by atoms with E-state index in [0.29, 0.717) is 18.4 Å². The third kappa shape index (κ3) is 4.06. The van der Waals surface area contributed by atoms with E-state index < -0.39 is 0 Å². The summed E-state index contributed by atoms with van der Waals surface area (Å²) in [5.74, 6) is 0.968. The summed E-state index contributed by atoms with van der Waals surface area (Å²) in [6.45, 7) is 4.72. The normalized spacial score (nSPS) is 11.1. The van der Waals surface area contributed by atoms with Gasteiger partial charge in [0.15, 0.2) is 0 Å². The van der Waals surface area contributed by atoms with Crippen LogP contribution in [0.15, 0.2) is 65.2 Å². The molecule has 0 saturated heterocycles. The molecular formula is C21H19N3O2S. The first-order valence-corrected chi connectivity index (χ1v) is 9.57. The van der Waals surface area contributed by atoms with Crippen molar-refractivity contribution in [2.24, 2.45) is 0 Å². The van der Waals surface area contributed by atoms with E-state index in [1.54, 1.807) is 11.3 Å². The Balaban J connectivity index is 1.41. The lowest BCUT2D eigenvalue weighted by Gasteiger charge is -2.05. The van der Waals surface area contributed by atoms with Gasteiger partial charge in [-0.1, -0.05) is 61.4 Å². The molecule has 4 rings (SSSR count). The Morgan fingerprint density at radius 1 is 0.963 bits per heavy atom. The summed E-state index contributed by atoms with van der Waals surface area (Å²) in [5, 5.41) is 8.94. The average molecular weight is 377 g/mol. The summed E-state index contributed by atoms with van der Waals surface area (Å²) in [6, 6.07) is 18.1. The maximum Gasteiger partial charge on any atom is 0.415 e. The highest BCUT2D eigenvalue weighted by molar-refractivity contribution is 7.15. The third-order valence-electron chi connectivity index (χ3n) is 4.14. The molecule has 0 N–H and O–H groups in total. The molecule has 0 bridgehead atoms. The largest absolute Gasteiger partial charge is 0.443 e. The van der Waals surface area contributed by atoms with Gasteiger partial charge in [0.05, 0.1) is 4.88 Å². The summed E-state index contributed by atoms with van der Waals surface area (Å²) in [7, 11) is 0. The molecule has 0 amide bonds. The van der Waals surface area contributed by atoms with Crippen LogP contribution >= 0.6 is 11.3 Å². The monoisotopic (exact) mass is 377 g/mol. The van der Waals surface area contributed by atoms with Gasteiger partial charge in [-0.3, -0.25) is 0 Å². The Hall–Kier alpha value is -2.99. The maximum atomic E-state index is 5.62. The van der Waals surface area contributed by atoms with Gasteiger partial charge in [-0.25, -0.2) is 4.98 Å². The van der Waals surface area contributed by atoms with Crippen molar-refractivity contribution >= 4 is 11.3 Å². The zero-order valence-electron chi connectivity index (χ0n) is 15.1. The number of thiazole rings is 1. The number of nitrogens with zero attached hydrogens (tertiary/aromatic N) is 3. The second-order valence-electron chi connectivity index (χ2n) is 6.44. The molecule has 0 aliphatic heterocycles. The van der Waals surface area contributed by atoms with Crippen LogP contribution in [-0.4, -0.2) is 15.2 Å². The number of aromatic nitrogens is 3. The van der Waals surface area contributed by atoms with Crippen molar-refractivity contribution in [3.05, 3.63) is 71.2 Å². The van der Waals surface area contributed by atoms with Gasteiger partial charge < -0.3 is 9.15 Å². The van der Waals surface area contributed by atoms with Crippen LogP contribution in [0.4, 0.5) is 0 Å². The quantitative estimate of drug-likeness (QED) is 0.440. The van der Waals surface area contributed by atoms with Crippen LogP contribution in [-0.2, 0) is 6.61 Å². The molecule has 5 nitrogen and oxygen atoms in total. The van der Waals surface area contributed by atoms with E-state index in [2.05, 4.69) is 53.3 Å². The van der Waals surface area contributed by atoms with Gasteiger partial charge in [0.1, 0.15) is 11.6 Å². The zero-order valence-corrected chi connectivity index (χ0v) is 15.9. The first-order valence-electron chi connectivity index (χ1n) is 8.76. The smallest absolute Gasteiger partial charge is 0.415 e.